The van der Waals surface area contributed by atoms with Gasteiger partial charge in [0.05, 0.1) is 6.10 Å². The zero-order valence-electron chi connectivity index (χ0n) is 13.4. The molecule has 0 aliphatic heterocycles. The van der Waals surface area contributed by atoms with Gasteiger partial charge in [-0.1, -0.05) is 25.5 Å². The van der Waals surface area contributed by atoms with Crippen LogP contribution in [0.15, 0.2) is 11.6 Å². The lowest BCUT2D eigenvalue weighted by molar-refractivity contribution is -0.0411. The third kappa shape index (κ3) is 1.97. The molecule has 2 heteroatoms. The Morgan fingerprint density at radius 2 is 1.95 bits per heavy atom. The standard InChI is InChI=1S/C19H29FO/c1-18-7-6-16-15(17(18)10-13(20)11-18)4-3-12-9-14(21)5-8-19(12,16)2/h9,13-17,21H,3-8,10-11H2,1-2H3/t13-,14?,15-,16+,17+,18-,19+/m1/s1. The van der Waals surface area contributed by atoms with Crippen LogP contribution in [0.1, 0.15) is 65.2 Å². The van der Waals surface area contributed by atoms with Crippen LogP contribution in [0.5, 0.6) is 0 Å². The second-order valence-electron chi connectivity index (χ2n) is 8.86. The molecule has 0 spiro atoms. The second kappa shape index (κ2) is 4.57. The third-order valence-corrected chi connectivity index (χ3v) is 7.80. The van der Waals surface area contributed by atoms with Gasteiger partial charge in [-0.2, -0.15) is 0 Å². The van der Waals surface area contributed by atoms with Gasteiger partial charge in [0.2, 0.25) is 0 Å². The van der Waals surface area contributed by atoms with Gasteiger partial charge in [-0.25, -0.2) is 4.39 Å². The van der Waals surface area contributed by atoms with E-state index in [0.29, 0.717) is 5.92 Å². The lowest BCUT2D eigenvalue weighted by Crippen LogP contribution is -2.49. The predicted molar refractivity (Wildman–Crippen MR) is 82.6 cm³/mol. The molecule has 1 nitrogen and oxygen atoms in total. The maximum atomic E-state index is 14.1. The fraction of sp³-hybridized carbons (Fsp3) is 0.895. The highest BCUT2D eigenvalue weighted by molar-refractivity contribution is 5.25. The zero-order chi connectivity index (χ0) is 14.8. The Morgan fingerprint density at radius 3 is 2.76 bits per heavy atom. The average molecular weight is 292 g/mol. The molecule has 1 N–H and O–H groups in total. The molecule has 1 unspecified atom stereocenters. The molecule has 118 valence electrons. The summed E-state index contributed by atoms with van der Waals surface area (Å²) in [5, 5.41) is 9.96. The molecular weight excluding hydrogens is 263 g/mol. The van der Waals surface area contributed by atoms with Crippen LogP contribution >= 0.6 is 0 Å². The predicted octanol–water partition coefficient (Wildman–Crippen LogP) is 4.65. The lowest BCUT2D eigenvalue weighted by atomic mass is 9.47. The van der Waals surface area contributed by atoms with Gasteiger partial charge < -0.3 is 5.11 Å². The van der Waals surface area contributed by atoms with E-state index < -0.39 is 6.17 Å². The maximum absolute atomic E-state index is 14.1. The van der Waals surface area contributed by atoms with Crippen molar-refractivity contribution in [1.29, 1.82) is 0 Å². The Bertz CT molecular complexity index is 472. The highest BCUT2D eigenvalue weighted by atomic mass is 19.1. The quantitative estimate of drug-likeness (QED) is 0.644. The number of rotatable bonds is 0. The van der Waals surface area contributed by atoms with E-state index in [1.807, 2.05) is 0 Å². The number of alkyl halides is 1. The van der Waals surface area contributed by atoms with Crippen LogP contribution in [0.2, 0.25) is 0 Å². The molecule has 3 saturated carbocycles. The molecule has 4 aliphatic carbocycles. The first-order valence-corrected chi connectivity index (χ1v) is 8.96. The van der Waals surface area contributed by atoms with Crippen molar-refractivity contribution >= 4 is 0 Å². The van der Waals surface area contributed by atoms with E-state index in [2.05, 4.69) is 19.9 Å². The Hall–Kier alpha value is -0.370. The minimum absolute atomic E-state index is 0.222. The zero-order valence-corrected chi connectivity index (χ0v) is 13.4. The van der Waals surface area contributed by atoms with Gasteiger partial charge in [0.25, 0.3) is 0 Å². The number of halogens is 1. The summed E-state index contributed by atoms with van der Waals surface area (Å²) in [5.74, 6) is 2.06. The van der Waals surface area contributed by atoms with E-state index in [0.717, 1.165) is 43.9 Å². The third-order valence-electron chi connectivity index (χ3n) is 7.80. The molecule has 0 aromatic heterocycles. The summed E-state index contributed by atoms with van der Waals surface area (Å²) in [7, 11) is 0. The molecule has 0 bridgehead atoms. The van der Waals surface area contributed by atoms with Crippen molar-refractivity contribution in [2.24, 2.45) is 28.6 Å². The maximum Gasteiger partial charge on any atom is 0.101 e. The van der Waals surface area contributed by atoms with Gasteiger partial charge in [0, 0.05) is 0 Å². The van der Waals surface area contributed by atoms with Crippen LogP contribution in [0.3, 0.4) is 0 Å². The molecule has 0 saturated heterocycles. The van der Waals surface area contributed by atoms with Crippen LogP contribution < -0.4 is 0 Å². The van der Waals surface area contributed by atoms with Crippen molar-refractivity contribution in [3.63, 3.8) is 0 Å². The van der Waals surface area contributed by atoms with E-state index in [4.69, 9.17) is 0 Å². The molecule has 21 heavy (non-hydrogen) atoms. The van der Waals surface area contributed by atoms with Gasteiger partial charge in [-0.05, 0) is 80.0 Å². The van der Waals surface area contributed by atoms with E-state index in [9.17, 15) is 9.50 Å². The molecular formula is C19H29FO. The average Bonchev–Trinajstić information content (AvgIpc) is 2.74. The minimum Gasteiger partial charge on any atom is -0.389 e. The fourth-order valence-corrected chi connectivity index (χ4v) is 6.68. The Balaban J connectivity index is 1.67. The van der Waals surface area contributed by atoms with Crippen molar-refractivity contribution in [2.45, 2.75) is 77.5 Å². The molecule has 0 amide bonds. The summed E-state index contributed by atoms with van der Waals surface area (Å²) in [5.41, 5.74) is 2.07. The number of aliphatic hydroxyl groups excluding tert-OH is 1. The van der Waals surface area contributed by atoms with Gasteiger partial charge >= 0.3 is 0 Å². The van der Waals surface area contributed by atoms with Crippen LogP contribution in [0.25, 0.3) is 0 Å². The number of fused-ring (bicyclic) bond motifs is 5. The summed E-state index contributed by atoms with van der Waals surface area (Å²) in [4.78, 5) is 0. The number of hydrogen-bond donors (Lipinski definition) is 1. The Morgan fingerprint density at radius 1 is 1.14 bits per heavy atom. The topological polar surface area (TPSA) is 20.2 Å². The van der Waals surface area contributed by atoms with Crippen molar-refractivity contribution in [3.05, 3.63) is 11.6 Å². The summed E-state index contributed by atoms with van der Waals surface area (Å²) < 4.78 is 14.1. The van der Waals surface area contributed by atoms with E-state index in [1.165, 1.54) is 24.8 Å². The van der Waals surface area contributed by atoms with E-state index in [-0.39, 0.29) is 16.9 Å². The summed E-state index contributed by atoms with van der Waals surface area (Å²) >= 11 is 0. The molecule has 4 rings (SSSR count). The first-order chi connectivity index (χ1) is 9.92. The summed E-state index contributed by atoms with van der Waals surface area (Å²) in [6.07, 6.45) is 9.88. The number of aliphatic hydroxyl groups is 1. The van der Waals surface area contributed by atoms with Crippen LogP contribution in [-0.4, -0.2) is 17.4 Å². The number of allylic oxidation sites excluding steroid dienone is 1. The Kier molecular flexibility index (Phi) is 3.10. The molecule has 4 aliphatic rings. The molecule has 0 aromatic rings. The molecule has 0 aromatic carbocycles. The second-order valence-corrected chi connectivity index (χ2v) is 8.86. The van der Waals surface area contributed by atoms with Crippen molar-refractivity contribution < 1.29 is 9.50 Å². The summed E-state index contributed by atoms with van der Waals surface area (Å²) in [6, 6.07) is 0. The molecule has 0 heterocycles. The first-order valence-electron chi connectivity index (χ1n) is 8.96. The largest absolute Gasteiger partial charge is 0.389 e. The first kappa shape index (κ1) is 14.2. The van der Waals surface area contributed by atoms with E-state index >= 15 is 0 Å². The molecule has 0 radical (unpaired) electrons. The van der Waals surface area contributed by atoms with Crippen molar-refractivity contribution in [1.82, 2.24) is 0 Å². The van der Waals surface area contributed by atoms with Gasteiger partial charge in [0.15, 0.2) is 0 Å². The molecule has 7 atom stereocenters. The van der Waals surface area contributed by atoms with Crippen LogP contribution in [0, 0.1) is 28.6 Å². The van der Waals surface area contributed by atoms with Gasteiger partial charge in [0.1, 0.15) is 6.17 Å². The van der Waals surface area contributed by atoms with Gasteiger partial charge in [-0.3, -0.25) is 0 Å². The van der Waals surface area contributed by atoms with Gasteiger partial charge in [-0.15, -0.1) is 0 Å². The van der Waals surface area contributed by atoms with Crippen LogP contribution in [-0.2, 0) is 0 Å². The van der Waals surface area contributed by atoms with Crippen LogP contribution in [0.4, 0.5) is 4.39 Å². The normalized spacial score (nSPS) is 56.2. The highest BCUT2D eigenvalue weighted by Gasteiger charge is 2.57. The Labute approximate surface area is 128 Å². The highest BCUT2D eigenvalue weighted by Crippen LogP contribution is 2.65. The van der Waals surface area contributed by atoms with Crippen molar-refractivity contribution in [2.75, 3.05) is 0 Å². The molecule has 3 fully saturated rings. The van der Waals surface area contributed by atoms with Crippen molar-refractivity contribution in [3.8, 4) is 0 Å². The SMILES string of the molecule is C[C@]12CC[C@H]3[C@@H](CCC4=CC(O)CC[C@@]43C)[C@@H]1C[C@@H](F)C2. The summed E-state index contributed by atoms with van der Waals surface area (Å²) in [6.45, 7) is 4.79. The monoisotopic (exact) mass is 292 g/mol. The minimum atomic E-state index is -0.559. The fourth-order valence-electron chi connectivity index (χ4n) is 6.68. The smallest absolute Gasteiger partial charge is 0.101 e. The van der Waals surface area contributed by atoms with E-state index in [1.54, 1.807) is 0 Å². The number of hydrogen-bond acceptors (Lipinski definition) is 1. The lowest BCUT2D eigenvalue weighted by Gasteiger charge is -2.57.